The molecular formula is C10H17N3. The van der Waals surface area contributed by atoms with Crippen LogP contribution in [0.2, 0.25) is 0 Å². The van der Waals surface area contributed by atoms with Crippen LogP contribution >= 0.6 is 0 Å². The van der Waals surface area contributed by atoms with Crippen molar-refractivity contribution in [3.05, 3.63) is 23.3 Å². The van der Waals surface area contributed by atoms with Gasteiger partial charge >= 0.3 is 0 Å². The number of aryl methyl sites for hydroxylation is 2. The molecule has 0 aliphatic carbocycles. The Hall–Kier alpha value is -0.960. The predicted molar refractivity (Wildman–Crippen MR) is 53.5 cm³/mol. The molecule has 3 heteroatoms. The van der Waals surface area contributed by atoms with Gasteiger partial charge in [-0.1, -0.05) is 6.92 Å². The van der Waals surface area contributed by atoms with Gasteiger partial charge in [0.2, 0.25) is 0 Å². The average molecular weight is 179 g/mol. The Morgan fingerprint density at radius 3 is 2.62 bits per heavy atom. The molecule has 1 aromatic heterocycles. The fourth-order valence-corrected chi connectivity index (χ4v) is 1.31. The molecule has 1 heterocycles. The summed E-state index contributed by atoms with van der Waals surface area (Å²) in [5.41, 5.74) is 7.92. The number of rotatable bonds is 3. The fourth-order valence-electron chi connectivity index (χ4n) is 1.31. The second-order valence-electron chi connectivity index (χ2n) is 3.42. The first-order valence-electron chi connectivity index (χ1n) is 4.68. The van der Waals surface area contributed by atoms with Crippen LogP contribution in [0.5, 0.6) is 0 Å². The lowest BCUT2D eigenvalue weighted by atomic mass is 10.1. The molecule has 0 spiro atoms. The van der Waals surface area contributed by atoms with E-state index in [9.17, 15) is 0 Å². The topological polar surface area (TPSA) is 51.8 Å². The van der Waals surface area contributed by atoms with E-state index in [0.29, 0.717) is 0 Å². The Labute approximate surface area is 79.4 Å². The van der Waals surface area contributed by atoms with Gasteiger partial charge in [0.1, 0.15) is 5.82 Å². The second-order valence-corrected chi connectivity index (χ2v) is 3.42. The Bertz CT molecular complexity index is 263. The maximum atomic E-state index is 5.84. The molecule has 1 aromatic rings. The van der Waals surface area contributed by atoms with E-state index in [4.69, 9.17) is 5.73 Å². The number of aromatic nitrogens is 2. The average Bonchev–Trinajstić information content (AvgIpc) is 2.02. The Morgan fingerprint density at radius 1 is 1.38 bits per heavy atom. The molecule has 1 unspecified atom stereocenters. The highest BCUT2D eigenvalue weighted by Crippen LogP contribution is 2.03. The third-order valence-electron chi connectivity index (χ3n) is 2.01. The standard InChI is InChI=1S/C10H17N3/c1-4-9(11)6-10-5-7(2)12-8(3)13-10/h5,9H,4,6,11H2,1-3H3. The van der Waals surface area contributed by atoms with E-state index in [1.165, 1.54) is 0 Å². The largest absolute Gasteiger partial charge is 0.327 e. The van der Waals surface area contributed by atoms with Crippen molar-refractivity contribution in [2.24, 2.45) is 5.73 Å². The minimum absolute atomic E-state index is 0.216. The van der Waals surface area contributed by atoms with Crippen molar-refractivity contribution in [1.29, 1.82) is 0 Å². The van der Waals surface area contributed by atoms with Crippen LogP contribution < -0.4 is 5.73 Å². The van der Waals surface area contributed by atoms with E-state index in [2.05, 4.69) is 16.9 Å². The molecule has 3 nitrogen and oxygen atoms in total. The smallest absolute Gasteiger partial charge is 0.125 e. The Morgan fingerprint density at radius 2 is 2.08 bits per heavy atom. The van der Waals surface area contributed by atoms with Gasteiger partial charge in [0, 0.05) is 23.9 Å². The summed E-state index contributed by atoms with van der Waals surface area (Å²) >= 11 is 0. The summed E-state index contributed by atoms with van der Waals surface area (Å²) in [5, 5.41) is 0. The van der Waals surface area contributed by atoms with Gasteiger partial charge in [0.25, 0.3) is 0 Å². The maximum Gasteiger partial charge on any atom is 0.125 e. The van der Waals surface area contributed by atoms with Gasteiger partial charge in [0.15, 0.2) is 0 Å². The van der Waals surface area contributed by atoms with Gasteiger partial charge in [-0.25, -0.2) is 9.97 Å². The molecule has 72 valence electrons. The molecule has 0 amide bonds. The van der Waals surface area contributed by atoms with E-state index in [0.717, 1.165) is 30.1 Å². The first-order chi connectivity index (χ1) is 6.11. The van der Waals surface area contributed by atoms with Crippen molar-refractivity contribution in [2.45, 2.75) is 39.7 Å². The van der Waals surface area contributed by atoms with Crippen LogP contribution in [-0.2, 0) is 6.42 Å². The zero-order valence-electron chi connectivity index (χ0n) is 8.54. The molecule has 0 bridgehead atoms. The molecule has 1 atom stereocenters. The van der Waals surface area contributed by atoms with Crippen molar-refractivity contribution in [3.8, 4) is 0 Å². The van der Waals surface area contributed by atoms with E-state index < -0.39 is 0 Å². The number of hydrogen-bond donors (Lipinski definition) is 1. The highest BCUT2D eigenvalue weighted by Gasteiger charge is 2.03. The minimum atomic E-state index is 0.216. The van der Waals surface area contributed by atoms with Gasteiger partial charge in [-0.3, -0.25) is 0 Å². The van der Waals surface area contributed by atoms with Crippen molar-refractivity contribution in [2.75, 3.05) is 0 Å². The summed E-state index contributed by atoms with van der Waals surface area (Å²) in [5.74, 6) is 0.832. The van der Waals surface area contributed by atoms with Crippen molar-refractivity contribution >= 4 is 0 Å². The van der Waals surface area contributed by atoms with Crippen LogP contribution in [-0.4, -0.2) is 16.0 Å². The van der Waals surface area contributed by atoms with Crippen molar-refractivity contribution < 1.29 is 0 Å². The number of nitrogens with two attached hydrogens (primary N) is 1. The quantitative estimate of drug-likeness (QED) is 0.762. The normalized spacial score (nSPS) is 12.9. The van der Waals surface area contributed by atoms with Crippen molar-refractivity contribution in [3.63, 3.8) is 0 Å². The van der Waals surface area contributed by atoms with Crippen LogP contribution in [0.4, 0.5) is 0 Å². The molecule has 0 aromatic carbocycles. The van der Waals surface area contributed by atoms with Crippen molar-refractivity contribution in [1.82, 2.24) is 9.97 Å². The molecule has 0 aliphatic rings. The number of nitrogens with zero attached hydrogens (tertiary/aromatic N) is 2. The molecule has 0 saturated carbocycles. The van der Waals surface area contributed by atoms with Crippen LogP contribution in [0.25, 0.3) is 0 Å². The molecular weight excluding hydrogens is 162 g/mol. The molecule has 1 rings (SSSR count). The maximum absolute atomic E-state index is 5.84. The highest BCUT2D eigenvalue weighted by atomic mass is 14.9. The zero-order valence-corrected chi connectivity index (χ0v) is 8.54. The van der Waals surface area contributed by atoms with Crippen LogP contribution in [0, 0.1) is 13.8 Å². The lowest BCUT2D eigenvalue weighted by molar-refractivity contribution is 0.633. The van der Waals surface area contributed by atoms with E-state index >= 15 is 0 Å². The fraction of sp³-hybridized carbons (Fsp3) is 0.600. The SMILES string of the molecule is CCC(N)Cc1cc(C)nc(C)n1. The Balaban J connectivity index is 2.77. The molecule has 0 aliphatic heterocycles. The summed E-state index contributed by atoms with van der Waals surface area (Å²) in [7, 11) is 0. The summed E-state index contributed by atoms with van der Waals surface area (Å²) in [6.07, 6.45) is 1.84. The second kappa shape index (κ2) is 4.33. The summed E-state index contributed by atoms with van der Waals surface area (Å²) < 4.78 is 0. The van der Waals surface area contributed by atoms with Gasteiger partial charge in [-0.15, -0.1) is 0 Å². The number of hydrogen-bond acceptors (Lipinski definition) is 3. The van der Waals surface area contributed by atoms with Gasteiger partial charge in [-0.2, -0.15) is 0 Å². The van der Waals surface area contributed by atoms with E-state index in [-0.39, 0.29) is 6.04 Å². The minimum Gasteiger partial charge on any atom is -0.327 e. The predicted octanol–water partition coefficient (Wildman–Crippen LogP) is 1.37. The lowest BCUT2D eigenvalue weighted by Gasteiger charge is -2.08. The third-order valence-corrected chi connectivity index (χ3v) is 2.01. The lowest BCUT2D eigenvalue weighted by Crippen LogP contribution is -2.22. The summed E-state index contributed by atoms with van der Waals surface area (Å²) in [6, 6.07) is 2.22. The molecule has 0 radical (unpaired) electrons. The first-order valence-corrected chi connectivity index (χ1v) is 4.68. The van der Waals surface area contributed by atoms with Crippen LogP contribution in [0.15, 0.2) is 6.07 Å². The monoisotopic (exact) mass is 179 g/mol. The molecule has 2 N–H and O–H groups in total. The zero-order chi connectivity index (χ0) is 9.84. The molecule has 0 saturated heterocycles. The third kappa shape index (κ3) is 3.11. The van der Waals surface area contributed by atoms with Crippen LogP contribution in [0.1, 0.15) is 30.6 Å². The molecule has 0 fully saturated rings. The van der Waals surface area contributed by atoms with Gasteiger partial charge < -0.3 is 5.73 Å². The highest BCUT2D eigenvalue weighted by molar-refractivity contribution is 5.10. The van der Waals surface area contributed by atoms with Gasteiger partial charge in [0.05, 0.1) is 0 Å². The summed E-state index contributed by atoms with van der Waals surface area (Å²) in [4.78, 5) is 8.55. The first kappa shape index (κ1) is 10.1. The van der Waals surface area contributed by atoms with E-state index in [1.54, 1.807) is 0 Å². The summed E-state index contributed by atoms with van der Waals surface area (Å²) in [6.45, 7) is 5.98. The van der Waals surface area contributed by atoms with Crippen LogP contribution in [0.3, 0.4) is 0 Å². The van der Waals surface area contributed by atoms with Gasteiger partial charge in [-0.05, 0) is 26.3 Å². The molecule has 13 heavy (non-hydrogen) atoms. The Kier molecular flexibility index (Phi) is 3.37. The van der Waals surface area contributed by atoms with E-state index in [1.807, 2.05) is 19.9 Å².